The van der Waals surface area contributed by atoms with Crippen LogP contribution in [-0.4, -0.2) is 18.2 Å². The van der Waals surface area contributed by atoms with Crippen LogP contribution in [0.5, 0.6) is 5.75 Å². The summed E-state index contributed by atoms with van der Waals surface area (Å²) in [5.41, 5.74) is -0.893. The lowest BCUT2D eigenvalue weighted by molar-refractivity contribution is -0.159. The fraction of sp³-hybridized carbons (Fsp3) is 0.533. The van der Waals surface area contributed by atoms with Crippen LogP contribution in [0.1, 0.15) is 27.2 Å². The van der Waals surface area contributed by atoms with Crippen LogP contribution in [0, 0.1) is 11.3 Å². The van der Waals surface area contributed by atoms with Crippen LogP contribution in [0.4, 0.5) is 18.9 Å². The molecule has 0 aliphatic heterocycles. The van der Waals surface area contributed by atoms with Gasteiger partial charge in [0.15, 0.2) is 0 Å². The number of hydrogen-bond donors (Lipinski definition) is 1. The molecular weight excluding hydrogens is 283 g/mol. The topological polar surface area (TPSA) is 38.3 Å². The van der Waals surface area contributed by atoms with E-state index in [-0.39, 0.29) is 12.5 Å². The molecule has 1 N–H and O–H groups in total. The summed E-state index contributed by atoms with van der Waals surface area (Å²) in [6.45, 7) is 5.12. The molecule has 2 atom stereocenters. The van der Waals surface area contributed by atoms with E-state index in [4.69, 9.17) is 4.74 Å². The zero-order valence-corrected chi connectivity index (χ0v) is 12.1. The van der Waals surface area contributed by atoms with Crippen LogP contribution >= 0.6 is 0 Å². The number of alkyl halides is 3. The number of carbonyl (C=O) groups is 1. The van der Waals surface area contributed by atoms with E-state index in [1.54, 1.807) is 24.3 Å². The number of benzene rings is 1. The molecule has 116 valence electrons. The molecule has 1 aromatic rings. The van der Waals surface area contributed by atoms with Gasteiger partial charge in [-0.15, -0.1) is 0 Å². The molecule has 0 spiro atoms. The Labute approximate surface area is 121 Å². The lowest BCUT2D eigenvalue weighted by Gasteiger charge is -2.14. The van der Waals surface area contributed by atoms with E-state index < -0.39 is 23.4 Å². The first-order valence-electron chi connectivity index (χ1n) is 6.78. The third-order valence-corrected chi connectivity index (χ3v) is 3.63. The first-order chi connectivity index (χ1) is 9.63. The third-order valence-electron chi connectivity index (χ3n) is 3.63. The summed E-state index contributed by atoms with van der Waals surface area (Å²) < 4.78 is 43.3. The van der Waals surface area contributed by atoms with Crippen LogP contribution < -0.4 is 10.1 Å². The number of rotatable bonds is 4. The third kappa shape index (κ3) is 3.49. The predicted octanol–water partition coefficient (Wildman–Crippen LogP) is 4.00. The Morgan fingerprint density at radius 1 is 1.33 bits per heavy atom. The van der Waals surface area contributed by atoms with Gasteiger partial charge in [-0.25, -0.2) is 0 Å². The monoisotopic (exact) mass is 301 g/mol. The highest BCUT2D eigenvalue weighted by atomic mass is 19.4. The van der Waals surface area contributed by atoms with Crippen LogP contribution in [0.15, 0.2) is 24.3 Å². The summed E-state index contributed by atoms with van der Waals surface area (Å²) in [4.78, 5) is 12.0. The van der Waals surface area contributed by atoms with Crippen molar-refractivity contribution in [2.45, 2.75) is 39.5 Å². The summed E-state index contributed by atoms with van der Waals surface area (Å²) in [5, 5.41) is 2.53. The molecule has 3 nitrogen and oxygen atoms in total. The van der Waals surface area contributed by atoms with Gasteiger partial charge in [-0.3, -0.25) is 4.79 Å². The molecule has 1 fully saturated rings. The fourth-order valence-corrected chi connectivity index (χ4v) is 2.26. The zero-order valence-electron chi connectivity index (χ0n) is 12.1. The summed E-state index contributed by atoms with van der Waals surface area (Å²) in [7, 11) is 0. The van der Waals surface area contributed by atoms with E-state index in [1.807, 2.05) is 13.8 Å². The number of amides is 1. The molecule has 0 bridgehead atoms. The molecule has 2 rings (SSSR count). The van der Waals surface area contributed by atoms with Gasteiger partial charge >= 0.3 is 6.18 Å². The summed E-state index contributed by atoms with van der Waals surface area (Å²) >= 11 is 0. The largest absolute Gasteiger partial charge is 0.491 e. The normalized spacial score (nSPS) is 24.8. The molecule has 21 heavy (non-hydrogen) atoms. The van der Waals surface area contributed by atoms with Gasteiger partial charge in [-0.2, -0.15) is 13.2 Å². The summed E-state index contributed by atoms with van der Waals surface area (Å²) in [5.74, 6) is -1.50. The molecule has 1 amide bonds. The van der Waals surface area contributed by atoms with Crippen molar-refractivity contribution in [1.82, 2.24) is 0 Å². The Bertz CT molecular complexity index is 525. The van der Waals surface area contributed by atoms with Gasteiger partial charge in [0.2, 0.25) is 5.91 Å². The molecule has 1 saturated carbocycles. The van der Waals surface area contributed by atoms with Crippen molar-refractivity contribution in [2.24, 2.45) is 11.3 Å². The van der Waals surface area contributed by atoms with Crippen molar-refractivity contribution < 1.29 is 22.7 Å². The molecule has 0 radical (unpaired) electrons. The van der Waals surface area contributed by atoms with Crippen molar-refractivity contribution in [2.75, 3.05) is 5.32 Å². The number of anilines is 1. The molecule has 0 heterocycles. The second kappa shape index (κ2) is 5.24. The smallest absolute Gasteiger partial charge is 0.392 e. The number of ether oxygens (including phenoxy) is 1. The van der Waals surface area contributed by atoms with Gasteiger partial charge in [-0.1, -0.05) is 6.92 Å². The molecule has 1 aromatic carbocycles. The highest BCUT2D eigenvalue weighted by Crippen LogP contribution is 2.60. The maximum absolute atomic E-state index is 12.6. The fourth-order valence-electron chi connectivity index (χ4n) is 2.26. The van der Waals surface area contributed by atoms with E-state index in [2.05, 4.69) is 5.32 Å². The van der Waals surface area contributed by atoms with Gasteiger partial charge < -0.3 is 10.1 Å². The van der Waals surface area contributed by atoms with Crippen LogP contribution in [0.2, 0.25) is 0 Å². The Morgan fingerprint density at radius 2 is 1.90 bits per heavy atom. The molecular formula is C15H18F3NO2. The number of carbonyl (C=O) groups excluding carboxylic acids is 1. The Hall–Kier alpha value is -1.72. The Morgan fingerprint density at radius 3 is 2.33 bits per heavy atom. The van der Waals surface area contributed by atoms with Crippen LogP contribution in [-0.2, 0) is 4.79 Å². The number of hydrogen-bond acceptors (Lipinski definition) is 2. The molecule has 1 aliphatic carbocycles. The van der Waals surface area contributed by atoms with E-state index in [0.29, 0.717) is 11.4 Å². The van der Waals surface area contributed by atoms with E-state index in [0.717, 1.165) is 0 Å². The van der Waals surface area contributed by atoms with Crippen molar-refractivity contribution >= 4 is 11.6 Å². The molecule has 0 saturated heterocycles. The van der Waals surface area contributed by atoms with E-state index in [9.17, 15) is 18.0 Å². The van der Waals surface area contributed by atoms with E-state index >= 15 is 0 Å². The van der Waals surface area contributed by atoms with Crippen molar-refractivity contribution in [3.63, 3.8) is 0 Å². The molecule has 2 unspecified atom stereocenters. The Kier molecular flexibility index (Phi) is 3.91. The molecule has 1 aliphatic rings. The maximum Gasteiger partial charge on any atom is 0.392 e. The SMILES string of the molecule is CC(C)Oc1ccc(NC(=O)C2(C)CC2C(F)(F)F)cc1. The van der Waals surface area contributed by atoms with Gasteiger partial charge in [0, 0.05) is 5.69 Å². The van der Waals surface area contributed by atoms with Crippen molar-refractivity contribution in [3.05, 3.63) is 24.3 Å². The van der Waals surface area contributed by atoms with Crippen molar-refractivity contribution in [1.29, 1.82) is 0 Å². The quantitative estimate of drug-likeness (QED) is 0.913. The minimum absolute atomic E-state index is 0.0309. The van der Waals surface area contributed by atoms with Gasteiger partial charge in [0.05, 0.1) is 17.4 Å². The minimum Gasteiger partial charge on any atom is -0.491 e. The predicted molar refractivity (Wildman–Crippen MR) is 73.1 cm³/mol. The van der Waals surface area contributed by atoms with Crippen LogP contribution in [0.25, 0.3) is 0 Å². The lowest BCUT2D eigenvalue weighted by Crippen LogP contribution is -2.27. The zero-order chi connectivity index (χ0) is 15.8. The summed E-state index contributed by atoms with van der Waals surface area (Å²) in [6, 6.07) is 6.58. The highest BCUT2D eigenvalue weighted by Gasteiger charge is 2.67. The molecule has 6 heteroatoms. The van der Waals surface area contributed by atoms with Gasteiger partial charge in [0.1, 0.15) is 5.75 Å². The lowest BCUT2D eigenvalue weighted by atomic mass is 10.1. The minimum atomic E-state index is -4.32. The van der Waals surface area contributed by atoms with E-state index in [1.165, 1.54) is 6.92 Å². The molecule has 0 aromatic heterocycles. The number of nitrogens with one attached hydrogen (secondary N) is 1. The van der Waals surface area contributed by atoms with Crippen molar-refractivity contribution in [3.8, 4) is 5.75 Å². The second-order valence-electron chi connectivity index (χ2n) is 5.86. The highest BCUT2D eigenvalue weighted by molar-refractivity contribution is 5.97. The Balaban J connectivity index is 1.98. The maximum atomic E-state index is 12.6. The summed E-state index contributed by atoms with van der Waals surface area (Å²) in [6.07, 6.45) is -4.44. The first kappa shape index (κ1) is 15.7. The average Bonchev–Trinajstić information content (AvgIpc) is 3.05. The van der Waals surface area contributed by atoms with Gasteiger partial charge in [0.25, 0.3) is 0 Å². The standard InChI is InChI=1S/C15H18F3NO2/c1-9(2)21-11-6-4-10(5-7-11)19-13(20)14(3)8-12(14)15(16,17)18/h4-7,9,12H,8H2,1-3H3,(H,19,20). The van der Waals surface area contributed by atoms with Gasteiger partial charge in [-0.05, 0) is 44.5 Å². The van der Waals surface area contributed by atoms with Crippen LogP contribution in [0.3, 0.4) is 0 Å². The average molecular weight is 301 g/mol. The number of halogens is 3. The first-order valence-corrected chi connectivity index (χ1v) is 6.78. The second-order valence-corrected chi connectivity index (χ2v) is 5.86.